The molecule has 1 aliphatic rings. The van der Waals surface area contributed by atoms with Gasteiger partial charge in [0.2, 0.25) is 0 Å². The van der Waals surface area contributed by atoms with Crippen molar-refractivity contribution in [2.75, 3.05) is 13.2 Å². The Morgan fingerprint density at radius 2 is 1.88 bits per heavy atom. The Balaban J connectivity index is 1.77. The normalized spacial score (nSPS) is 18.2. The van der Waals surface area contributed by atoms with Crippen molar-refractivity contribution in [3.05, 3.63) is 35.9 Å². The number of ketones is 1. The summed E-state index contributed by atoms with van der Waals surface area (Å²) >= 11 is 0. The Kier molecular flexibility index (Phi) is 3.92. The fourth-order valence-electron chi connectivity index (χ4n) is 2.04. The summed E-state index contributed by atoms with van der Waals surface area (Å²) in [4.78, 5) is 11.8. The molecule has 3 nitrogen and oxygen atoms in total. The largest absolute Gasteiger partial charge is 0.348 e. The molecule has 0 bridgehead atoms. The molecule has 1 saturated heterocycles. The Labute approximate surface area is 102 Å². The Hall–Kier alpha value is -1.19. The molecule has 3 heteroatoms. The number of carbonyl (C=O) groups excluding carboxylic acids is 1. The summed E-state index contributed by atoms with van der Waals surface area (Å²) in [7, 11) is 0. The highest BCUT2D eigenvalue weighted by atomic mass is 16.7. The number of carbonyl (C=O) groups is 1. The number of hydrogen-bond donors (Lipinski definition) is 0. The van der Waals surface area contributed by atoms with Crippen LogP contribution in [-0.2, 0) is 9.47 Å². The van der Waals surface area contributed by atoms with Crippen molar-refractivity contribution in [1.82, 2.24) is 0 Å². The van der Waals surface area contributed by atoms with Crippen LogP contribution in [0.4, 0.5) is 0 Å². The summed E-state index contributed by atoms with van der Waals surface area (Å²) in [6.45, 7) is 3.25. The molecular weight excluding hydrogens is 216 g/mol. The van der Waals surface area contributed by atoms with Crippen molar-refractivity contribution in [3.63, 3.8) is 0 Å². The smallest absolute Gasteiger partial charge is 0.165 e. The topological polar surface area (TPSA) is 35.5 Å². The van der Waals surface area contributed by atoms with Gasteiger partial charge in [-0.2, -0.15) is 0 Å². The highest BCUT2D eigenvalue weighted by Crippen LogP contribution is 2.25. The molecule has 0 amide bonds. The lowest BCUT2D eigenvalue weighted by Gasteiger charge is -2.21. The molecule has 1 aromatic carbocycles. The van der Waals surface area contributed by atoms with Crippen LogP contribution in [0.3, 0.4) is 0 Å². The van der Waals surface area contributed by atoms with E-state index >= 15 is 0 Å². The van der Waals surface area contributed by atoms with Gasteiger partial charge in [0.15, 0.2) is 11.6 Å². The molecule has 0 spiro atoms. The Bertz CT molecular complexity index is 366. The molecule has 0 unspecified atom stereocenters. The minimum Gasteiger partial charge on any atom is -0.348 e. The minimum atomic E-state index is -0.475. The maximum atomic E-state index is 11.8. The zero-order valence-electron chi connectivity index (χ0n) is 10.1. The van der Waals surface area contributed by atoms with Crippen molar-refractivity contribution in [1.29, 1.82) is 0 Å². The average molecular weight is 234 g/mol. The molecule has 2 rings (SSSR count). The van der Waals surface area contributed by atoms with E-state index in [4.69, 9.17) is 9.47 Å². The van der Waals surface area contributed by atoms with E-state index < -0.39 is 5.79 Å². The first-order valence-electron chi connectivity index (χ1n) is 6.06. The van der Waals surface area contributed by atoms with Gasteiger partial charge in [0.05, 0.1) is 13.2 Å². The molecule has 0 aromatic heterocycles. The number of benzene rings is 1. The first-order chi connectivity index (χ1) is 8.20. The van der Waals surface area contributed by atoms with Crippen LogP contribution in [0.5, 0.6) is 0 Å². The van der Waals surface area contributed by atoms with Crippen LogP contribution in [0.1, 0.15) is 36.5 Å². The van der Waals surface area contributed by atoms with Gasteiger partial charge in [-0.15, -0.1) is 0 Å². The molecule has 92 valence electrons. The van der Waals surface area contributed by atoms with Crippen LogP contribution in [-0.4, -0.2) is 24.8 Å². The average Bonchev–Trinajstić information content (AvgIpc) is 2.77. The molecule has 0 atom stereocenters. The fraction of sp³-hybridized carbons (Fsp3) is 0.500. The van der Waals surface area contributed by atoms with Gasteiger partial charge in [-0.05, 0) is 13.3 Å². The number of hydrogen-bond acceptors (Lipinski definition) is 3. The molecule has 17 heavy (non-hydrogen) atoms. The number of Topliss-reactive ketones (excluding diaryl/α,β-unsaturated/α-hetero) is 1. The Morgan fingerprint density at radius 3 is 2.53 bits per heavy atom. The number of rotatable bonds is 5. The Morgan fingerprint density at radius 1 is 1.24 bits per heavy atom. The maximum Gasteiger partial charge on any atom is 0.165 e. The molecule has 0 saturated carbocycles. The van der Waals surface area contributed by atoms with Gasteiger partial charge in [-0.3, -0.25) is 4.79 Å². The van der Waals surface area contributed by atoms with E-state index in [0.29, 0.717) is 19.6 Å². The summed E-state index contributed by atoms with van der Waals surface area (Å²) in [6.07, 6.45) is 2.11. The van der Waals surface area contributed by atoms with Gasteiger partial charge in [0.25, 0.3) is 0 Å². The molecule has 0 aliphatic carbocycles. The SMILES string of the molecule is CC1(CCCC(=O)c2ccccc2)OCCO1. The standard InChI is InChI=1S/C14H18O3/c1-14(16-10-11-17-14)9-5-8-13(15)12-6-3-2-4-7-12/h2-4,6-7H,5,8-11H2,1H3. The predicted octanol–water partition coefficient (Wildman–Crippen LogP) is 2.80. The second-order valence-corrected chi connectivity index (χ2v) is 4.47. The van der Waals surface area contributed by atoms with Crippen LogP contribution in [0.25, 0.3) is 0 Å². The van der Waals surface area contributed by atoms with E-state index in [-0.39, 0.29) is 5.78 Å². The van der Waals surface area contributed by atoms with Crippen LogP contribution >= 0.6 is 0 Å². The number of ether oxygens (including phenoxy) is 2. The van der Waals surface area contributed by atoms with E-state index in [1.807, 2.05) is 37.3 Å². The third kappa shape index (κ3) is 3.38. The monoisotopic (exact) mass is 234 g/mol. The fourth-order valence-corrected chi connectivity index (χ4v) is 2.04. The third-order valence-corrected chi connectivity index (χ3v) is 3.03. The van der Waals surface area contributed by atoms with Gasteiger partial charge in [0, 0.05) is 18.4 Å². The van der Waals surface area contributed by atoms with Crippen LogP contribution in [0.15, 0.2) is 30.3 Å². The molecule has 1 fully saturated rings. The first kappa shape index (κ1) is 12.3. The highest BCUT2D eigenvalue weighted by molar-refractivity contribution is 5.95. The lowest BCUT2D eigenvalue weighted by molar-refractivity contribution is -0.147. The van der Waals surface area contributed by atoms with Gasteiger partial charge in [-0.25, -0.2) is 0 Å². The predicted molar refractivity (Wildman–Crippen MR) is 64.9 cm³/mol. The van der Waals surface area contributed by atoms with Crippen molar-refractivity contribution in [2.24, 2.45) is 0 Å². The third-order valence-electron chi connectivity index (χ3n) is 3.03. The zero-order valence-corrected chi connectivity index (χ0v) is 10.1. The first-order valence-corrected chi connectivity index (χ1v) is 6.06. The van der Waals surface area contributed by atoms with Crippen molar-refractivity contribution >= 4 is 5.78 Å². The zero-order chi connectivity index (χ0) is 12.1. The summed E-state index contributed by atoms with van der Waals surface area (Å²) in [5.74, 6) is -0.288. The van der Waals surface area contributed by atoms with E-state index in [0.717, 1.165) is 18.4 Å². The lowest BCUT2D eigenvalue weighted by atomic mass is 10.0. The summed E-state index contributed by atoms with van der Waals surface area (Å²) in [5.41, 5.74) is 0.783. The minimum absolute atomic E-state index is 0.187. The van der Waals surface area contributed by atoms with Crippen LogP contribution in [0, 0.1) is 0 Å². The highest BCUT2D eigenvalue weighted by Gasteiger charge is 2.30. The van der Waals surface area contributed by atoms with Crippen LogP contribution in [0.2, 0.25) is 0 Å². The maximum absolute atomic E-state index is 11.8. The quantitative estimate of drug-likeness (QED) is 0.735. The van der Waals surface area contributed by atoms with E-state index in [1.54, 1.807) is 0 Å². The van der Waals surface area contributed by atoms with Gasteiger partial charge in [-0.1, -0.05) is 30.3 Å². The second kappa shape index (κ2) is 5.43. The molecular formula is C14H18O3. The summed E-state index contributed by atoms with van der Waals surface area (Å²) in [5, 5.41) is 0. The molecule has 1 aromatic rings. The van der Waals surface area contributed by atoms with Crippen molar-refractivity contribution < 1.29 is 14.3 Å². The van der Waals surface area contributed by atoms with E-state index in [2.05, 4.69) is 0 Å². The summed E-state index contributed by atoms with van der Waals surface area (Å²) in [6, 6.07) is 9.40. The van der Waals surface area contributed by atoms with E-state index in [9.17, 15) is 4.79 Å². The summed E-state index contributed by atoms with van der Waals surface area (Å²) < 4.78 is 11.0. The van der Waals surface area contributed by atoms with Crippen molar-refractivity contribution in [2.45, 2.75) is 32.0 Å². The molecule has 1 heterocycles. The molecule has 1 aliphatic heterocycles. The van der Waals surface area contributed by atoms with Gasteiger partial charge < -0.3 is 9.47 Å². The van der Waals surface area contributed by atoms with Crippen molar-refractivity contribution in [3.8, 4) is 0 Å². The second-order valence-electron chi connectivity index (χ2n) is 4.47. The van der Waals surface area contributed by atoms with E-state index in [1.165, 1.54) is 0 Å². The molecule has 0 radical (unpaired) electrons. The lowest BCUT2D eigenvalue weighted by Crippen LogP contribution is -2.25. The molecule has 0 N–H and O–H groups in total. The van der Waals surface area contributed by atoms with Gasteiger partial charge >= 0.3 is 0 Å². The van der Waals surface area contributed by atoms with Gasteiger partial charge in [0.1, 0.15) is 0 Å². The van der Waals surface area contributed by atoms with Crippen LogP contribution < -0.4 is 0 Å².